The molecule has 26 heavy (non-hydrogen) atoms. The molecule has 0 aliphatic heterocycles. The predicted octanol–water partition coefficient (Wildman–Crippen LogP) is 5.07. The highest BCUT2D eigenvalue weighted by molar-refractivity contribution is 5.78. The zero-order valence-electron chi connectivity index (χ0n) is 12.8. The van der Waals surface area contributed by atoms with Crippen LogP contribution in [0.15, 0.2) is 53.3 Å². The molecule has 3 rings (SSSR count). The Hall–Kier alpha value is -2.97. The van der Waals surface area contributed by atoms with E-state index >= 15 is 0 Å². The predicted molar refractivity (Wildman–Crippen MR) is 82.3 cm³/mol. The van der Waals surface area contributed by atoms with Gasteiger partial charge in [-0.25, -0.2) is 4.79 Å². The van der Waals surface area contributed by atoms with Gasteiger partial charge in [0.15, 0.2) is 0 Å². The molecular weight excluding hydrogens is 362 g/mol. The molecular formula is C17H10F6N2O. The summed E-state index contributed by atoms with van der Waals surface area (Å²) in [4.78, 5) is 16.5. The van der Waals surface area contributed by atoms with Crippen LogP contribution in [0.2, 0.25) is 0 Å². The largest absolute Gasteiger partial charge is 0.416 e. The summed E-state index contributed by atoms with van der Waals surface area (Å²) in [6.07, 6.45) is -9.00. The first-order chi connectivity index (χ1) is 12.1. The number of nitrogens with one attached hydrogen (secondary N) is 2. The van der Waals surface area contributed by atoms with Crippen LogP contribution < -0.4 is 5.69 Å². The van der Waals surface area contributed by atoms with Crippen LogP contribution >= 0.6 is 0 Å². The number of benzene rings is 2. The zero-order valence-corrected chi connectivity index (χ0v) is 12.8. The van der Waals surface area contributed by atoms with Gasteiger partial charge in [0.2, 0.25) is 0 Å². The van der Waals surface area contributed by atoms with Crippen LogP contribution in [0.3, 0.4) is 0 Å². The molecule has 0 saturated carbocycles. The molecule has 9 heteroatoms. The van der Waals surface area contributed by atoms with Crippen LogP contribution in [0.4, 0.5) is 26.3 Å². The third-order valence-electron chi connectivity index (χ3n) is 3.73. The van der Waals surface area contributed by atoms with Gasteiger partial charge in [-0.15, -0.1) is 0 Å². The minimum absolute atomic E-state index is 0.184. The van der Waals surface area contributed by atoms with Gasteiger partial charge in [0.25, 0.3) is 0 Å². The van der Waals surface area contributed by atoms with Crippen molar-refractivity contribution in [3.63, 3.8) is 0 Å². The van der Waals surface area contributed by atoms with Crippen LogP contribution in [-0.4, -0.2) is 9.97 Å². The summed E-state index contributed by atoms with van der Waals surface area (Å²) >= 11 is 0. The Balaban J connectivity index is 2.03. The molecule has 2 aromatic carbocycles. The van der Waals surface area contributed by atoms with E-state index in [-0.39, 0.29) is 22.5 Å². The summed E-state index contributed by atoms with van der Waals surface area (Å²) in [5.74, 6) is 0. The summed E-state index contributed by atoms with van der Waals surface area (Å²) in [6, 6.07) is 8.14. The van der Waals surface area contributed by atoms with Gasteiger partial charge in [-0.05, 0) is 24.3 Å². The maximum absolute atomic E-state index is 12.6. The fourth-order valence-corrected chi connectivity index (χ4v) is 2.47. The molecule has 0 fully saturated rings. The summed E-state index contributed by atoms with van der Waals surface area (Å²) in [5, 5.41) is 0. The minimum Gasteiger partial charge on any atom is -0.305 e. The quantitative estimate of drug-likeness (QED) is 0.606. The topological polar surface area (TPSA) is 48.6 Å². The molecule has 3 aromatic rings. The fourth-order valence-electron chi connectivity index (χ4n) is 2.47. The molecule has 1 heterocycles. The van der Waals surface area contributed by atoms with E-state index < -0.39 is 29.2 Å². The van der Waals surface area contributed by atoms with E-state index in [2.05, 4.69) is 9.97 Å². The fraction of sp³-hybridized carbons (Fsp3) is 0.118. The smallest absolute Gasteiger partial charge is 0.305 e. The molecule has 0 aliphatic rings. The van der Waals surface area contributed by atoms with Crippen molar-refractivity contribution in [3.05, 3.63) is 70.1 Å². The second-order valence-corrected chi connectivity index (χ2v) is 5.48. The third kappa shape index (κ3) is 3.51. The van der Waals surface area contributed by atoms with Crippen molar-refractivity contribution in [1.29, 1.82) is 0 Å². The number of hydrogen-bond donors (Lipinski definition) is 2. The molecule has 0 bridgehead atoms. The molecule has 0 spiro atoms. The van der Waals surface area contributed by atoms with Gasteiger partial charge in [0, 0.05) is 11.1 Å². The Kier molecular flexibility index (Phi) is 4.17. The molecule has 0 atom stereocenters. The lowest BCUT2D eigenvalue weighted by Crippen LogP contribution is -2.04. The Labute approximate surface area is 142 Å². The maximum Gasteiger partial charge on any atom is 0.416 e. The van der Waals surface area contributed by atoms with Crippen molar-refractivity contribution in [2.24, 2.45) is 0 Å². The number of aromatic amines is 2. The minimum atomic E-state index is -4.50. The standard InChI is InChI=1S/C17H10F6N2O/c18-16(19,20)11-5-1-9(2-6-11)13-14(25-15(26)24-13)10-3-7-12(8-4-10)17(21,22)23/h1-8H,(H2,24,25,26). The number of imidazole rings is 1. The number of rotatable bonds is 2. The van der Waals surface area contributed by atoms with Gasteiger partial charge in [-0.2, -0.15) is 26.3 Å². The summed E-state index contributed by atoms with van der Waals surface area (Å²) < 4.78 is 75.9. The van der Waals surface area contributed by atoms with Crippen LogP contribution in [-0.2, 0) is 12.4 Å². The molecule has 3 nitrogen and oxygen atoms in total. The van der Waals surface area contributed by atoms with Crippen LogP contribution in [0.25, 0.3) is 22.5 Å². The van der Waals surface area contributed by atoms with E-state index in [9.17, 15) is 31.1 Å². The molecule has 0 aliphatic carbocycles. The first kappa shape index (κ1) is 17.8. The van der Waals surface area contributed by atoms with E-state index in [0.29, 0.717) is 0 Å². The first-order valence-corrected chi connectivity index (χ1v) is 7.23. The van der Waals surface area contributed by atoms with Gasteiger partial charge in [0.05, 0.1) is 22.5 Å². The van der Waals surface area contributed by atoms with Crippen molar-refractivity contribution in [2.75, 3.05) is 0 Å². The van der Waals surface area contributed by atoms with E-state index in [1.165, 1.54) is 24.3 Å². The van der Waals surface area contributed by atoms with Crippen molar-refractivity contribution >= 4 is 0 Å². The number of H-pyrrole nitrogens is 2. The molecule has 2 N–H and O–H groups in total. The maximum atomic E-state index is 12.6. The summed E-state index contributed by atoms with van der Waals surface area (Å²) in [5.41, 5.74) is -1.40. The van der Waals surface area contributed by atoms with Gasteiger partial charge < -0.3 is 9.97 Å². The second-order valence-electron chi connectivity index (χ2n) is 5.48. The van der Waals surface area contributed by atoms with Crippen molar-refractivity contribution < 1.29 is 26.3 Å². The number of halogens is 6. The van der Waals surface area contributed by atoms with E-state index in [4.69, 9.17) is 0 Å². The molecule has 0 saturated heterocycles. The number of aromatic nitrogens is 2. The average Bonchev–Trinajstić information content (AvgIpc) is 2.95. The van der Waals surface area contributed by atoms with E-state index in [1.807, 2.05) is 0 Å². The molecule has 0 unspecified atom stereocenters. The monoisotopic (exact) mass is 372 g/mol. The zero-order chi connectivity index (χ0) is 19.1. The van der Waals surface area contributed by atoms with Crippen molar-refractivity contribution in [2.45, 2.75) is 12.4 Å². The van der Waals surface area contributed by atoms with Gasteiger partial charge in [0.1, 0.15) is 0 Å². The lowest BCUT2D eigenvalue weighted by Gasteiger charge is -2.09. The summed E-state index contributed by atoms with van der Waals surface area (Å²) in [6.45, 7) is 0. The summed E-state index contributed by atoms with van der Waals surface area (Å²) in [7, 11) is 0. The van der Waals surface area contributed by atoms with Crippen molar-refractivity contribution in [3.8, 4) is 22.5 Å². The Morgan fingerprint density at radius 2 is 0.885 bits per heavy atom. The Morgan fingerprint density at radius 3 is 1.15 bits per heavy atom. The Bertz CT molecular complexity index is 885. The average molecular weight is 372 g/mol. The van der Waals surface area contributed by atoms with E-state index in [0.717, 1.165) is 24.3 Å². The number of hydrogen-bond acceptors (Lipinski definition) is 1. The number of alkyl halides is 6. The Morgan fingerprint density at radius 1 is 0.577 bits per heavy atom. The second kappa shape index (κ2) is 6.08. The third-order valence-corrected chi connectivity index (χ3v) is 3.73. The molecule has 0 amide bonds. The lowest BCUT2D eigenvalue weighted by atomic mass is 10.0. The van der Waals surface area contributed by atoms with Gasteiger partial charge >= 0.3 is 18.0 Å². The SMILES string of the molecule is O=c1[nH]c(-c2ccc(C(F)(F)F)cc2)c(-c2ccc(C(F)(F)F)cc2)[nH]1. The van der Waals surface area contributed by atoms with E-state index in [1.54, 1.807) is 0 Å². The highest BCUT2D eigenvalue weighted by atomic mass is 19.4. The first-order valence-electron chi connectivity index (χ1n) is 7.23. The van der Waals surface area contributed by atoms with Crippen LogP contribution in [0.5, 0.6) is 0 Å². The highest BCUT2D eigenvalue weighted by Gasteiger charge is 2.31. The van der Waals surface area contributed by atoms with Gasteiger partial charge in [-0.1, -0.05) is 24.3 Å². The molecule has 1 aromatic heterocycles. The normalized spacial score (nSPS) is 12.4. The van der Waals surface area contributed by atoms with Crippen molar-refractivity contribution in [1.82, 2.24) is 9.97 Å². The molecule has 0 radical (unpaired) electrons. The van der Waals surface area contributed by atoms with Gasteiger partial charge in [-0.3, -0.25) is 0 Å². The lowest BCUT2D eigenvalue weighted by molar-refractivity contribution is -0.138. The molecule has 136 valence electrons. The highest BCUT2D eigenvalue weighted by Crippen LogP contribution is 2.34. The van der Waals surface area contributed by atoms with Crippen LogP contribution in [0, 0.1) is 0 Å². The van der Waals surface area contributed by atoms with Crippen LogP contribution in [0.1, 0.15) is 11.1 Å².